The lowest BCUT2D eigenvalue weighted by Crippen LogP contribution is -2.46. The van der Waals surface area contributed by atoms with Crippen molar-refractivity contribution >= 4 is 35.0 Å². The van der Waals surface area contributed by atoms with E-state index in [1.54, 1.807) is 30.3 Å². The Kier molecular flexibility index (Phi) is 9.38. The third-order valence-electron chi connectivity index (χ3n) is 5.46. The molecule has 7 nitrogen and oxygen atoms in total. The maximum atomic E-state index is 12.1. The highest BCUT2D eigenvalue weighted by Crippen LogP contribution is 2.28. The Morgan fingerprint density at radius 2 is 1.79 bits per heavy atom. The van der Waals surface area contributed by atoms with Gasteiger partial charge in [0.2, 0.25) is 5.91 Å². The Morgan fingerprint density at radius 3 is 2.45 bits per heavy atom. The number of hydrogen-bond acceptors (Lipinski definition) is 5. The minimum atomic E-state index is -0.700. The van der Waals surface area contributed by atoms with Crippen LogP contribution in [0.2, 0.25) is 10.0 Å². The third-order valence-corrected chi connectivity index (χ3v) is 6.19. The van der Waals surface area contributed by atoms with E-state index in [-0.39, 0.29) is 31.0 Å². The van der Waals surface area contributed by atoms with E-state index < -0.39 is 6.10 Å². The summed E-state index contributed by atoms with van der Waals surface area (Å²) in [5.74, 6) is 0.0416. The first-order valence-electron chi connectivity index (χ1n) is 10.9. The fraction of sp³-hybridized carbons (Fsp3) is 0.417. The molecule has 2 aromatic carbocycles. The van der Waals surface area contributed by atoms with Crippen molar-refractivity contribution < 1.29 is 19.4 Å². The number of halogens is 2. The molecule has 0 spiro atoms. The van der Waals surface area contributed by atoms with Crippen molar-refractivity contribution in [2.45, 2.75) is 32.0 Å². The van der Waals surface area contributed by atoms with Crippen LogP contribution < -0.4 is 15.4 Å². The van der Waals surface area contributed by atoms with Crippen LogP contribution in [-0.2, 0) is 4.79 Å². The molecule has 1 saturated heterocycles. The summed E-state index contributed by atoms with van der Waals surface area (Å²) in [4.78, 5) is 26.2. The van der Waals surface area contributed by atoms with E-state index >= 15 is 0 Å². The number of hydrogen-bond donors (Lipinski definition) is 3. The van der Waals surface area contributed by atoms with E-state index in [2.05, 4.69) is 15.5 Å². The number of carbonyl (C=O) groups is 2. The maximum absolute atomic E-state index is 12.1. The van der Waals surface area contributed by atoms with E-state index in [9.17, 15) is 14.7 Å². The summed E-state index contributed by atoms with van der Waals surface area (Å²) < 4.78 is 5.98. The molecule has 1 atom stereocenters. The van der Waals surface area contributed by atoms with Crippen molar-refractivity contribution in [2.24, 2.45) is 0 Å². The SMILES string of the molecule is Cc1ccc(C(=O)NCC(=O)NC[C@@H](O)CN2CCC(Oc3ccc(Cl)c(Cl)c3)CC2)cc1. The molecule has 1 aliphatic heterocycles. The van der Waals surface area contributed by atoms with Gasteiger partial charge in [-0.1, -0.05) is 40.9 Å². The van der Waals surface area contributed by atoms with Gasteiger partial charge in [0, 0.05) is 37.8 Å². The number of aliphatic hydroxyl groups excluding tert-OH is 1. The van der Waals surface area contributed by atoms with Gasteiger partial charge in [-0.15, -0.1) is 0 Å². The van der Waals surface area contributed by atoms with Crippen molar-refractivity contribution in [2.75, 3.05) is 32.7 Å². The maximum Gasteiger partial charge on any atom is 0.251 e. The summed E-state index contributed by atoms with van der Waals surface area (Å²) in [6.45, 7) is 3.94. The number of rotatable bonds is 9. The number of amides is 2. The number of nitrogens with one attached hydrogen (secondary N) is 2. The minimum absolute atomic E-state index is 0.0764. The fourth-order valence-electron chi connectivity index (χ4n) is 3.58. The molecule has 0 radical (unpaired) electrons. The molecule has 1 aliphatic rings. The second-order valence-electron chi connectivity index (χ2n) is 8.20. The van der Waals surface area contributed by atoms with Crippen molar-refractivity contribution in [1.82, 2.24) is 15.5 Å². The molecule has 0 bridgehead atoms. The van der Waals surface area contributed by atoms with Crippen molar-refractivity contribution in [3.05, 3.63) is 63.6 Å². The van der Waals surface area contributed by atoms with E-state index in [1.807, 2.05) is 19.1 Å². The zero-order valence-corrected chi connectivity index (χ0v) is 20.0. The minimum Gasteiger partial charge on any atom is -0.490 e. The highest BCUT2D eigenvalue weighted by atomic mass is 35.5. The Balaban J connectivity index is 1.31. The van der Waals surface area contributed by atoms with Crippen LogP contribution in [0.5, 0.6) is 5.75 Å². The lowest BCUT2D eigenvalue weighted by atomic mass is 10.1. The van der Waals surface area contributed by atoms with Gasteiger partial charge in [-0.2, -0.15) is 0 Å². The number of piperidine rings is 1. The standard InChI is InChI=1S/C24H29Cl2N3O4/c1-16-2-4-17(5-3-16)24(32)28-14-23(31)27-13-18(30)15-29-10-8-19(9-11-29)33-20-6-7-21(25)22(26)12-20/h2-7,12,18-19,30H,8-11,13-15H2,1H3,(H,27,31)(H,28,32)/t18-/m1/s1. The zero-order chi connectivity index (χ0) is 23.8. The summed E-state index contributed by atoms with van der Waals surface area (Å²) in [7, 11) is 0. The summed E-state index contributed by atoms with van der Waals surface area (Å²) in [5.41, 5.74) is 1.56. The third kappa shape index (κ3) is 8.19. The normalized spacial score (nSPS) is 15.6. The van der Waals surface area contributed by atoms with Gasteiger partial charge in [-0.3, -0.25) is 9.59 Å². The van der Waals surface area contributed by atoms with Crippen molar-refractivity contribution in [1.29, 1.82) is 0 Å². The molecule has 9 heteroatoms. The number of likely N-dealkylation sites (tertiary alicyclic amines) is 1. The first kappa shape index (κ1) is 25.3. The molecule has 0 aliphatic carbocycles. The second kappa shape index (κ2) is 12.2. The average molecular weight is 494 g/mol. The van der Waals surface area contributed by atoms with Gasteiger partial charge in [0.25, 0.3) is 5.91 Å². The van der Waals surface area contributed by atoms with Crippen molar-refractivity contribution in [3.63, 3.8) is 0 Å². The Labute approximate surface area is 204 Å². The van der Waals surface area contributed by atoms with Gasteiger partial charge in [0.05, 0.1) is 22.7 Å². The molecule has 0 unspecified atom stereocenters. The summed E-state index contributed by atoms with van der Waals surface area (Å²) >= 11 is 12.0. The number of nitrogens with zero attached hydrogens (tertiary/aromatic N) is 1. The van der Waals surface area contributed by atoms with Gasteiger partial charge in [0.1, 0.15) is 11.9 Å². The van der Waals surface area contributed by atoms with E-state index in [0.717, 1.165) is 31.5 Å². The number of aryl methyl sites for hydroxylation is 1. The lowest BCUT2D eigenvalue weighted by molar-refractivity contribution is -0.120. The number of benzene rings is 2. The lowest BCUT2D eigenvalue weighted by Gasteiger charge is -2.33. The van der Waals surface area contributed by atoms with Crippen LogP contribution in [0.1, 0.15) is 28.8 Å². The molecule has 178 valence electrons. The van der Waals surface area contributed by atoms with Gasteiger partial charge in [0.15, 0.2) is 0 Å². The number of carbonyl (C=O) groups excluding carboxylic acids is 2. The van der Waals surface area contributed by atoms with Gasteiger partial charge < -0.3 is 25.4 Å². The number of β-amino-alcohol motifs (C(OH)–C–C–N with tert-alkyl or cyclic N) is 1. The predicted octanol–water partition coefficient (Wildman–Crippen LogP) is 3.05. The van der Waals surface area contributed by atoms with Gasteiger partial charge in [-0.05, 0) is 44.0 Å². The molecular formula is C24H29Cl2N3O4. The topological polar surface area (TPSA) is 90.9 Å². The summed E-state index contributed by atoms with van der Waals surface area (Å²) in [6.07, 6.45) is 1.02. The molecular weight excluding hydrogens is 465 g/mol. The fourth-order valence-corrected chi connectivity index (χ4v) is 3.86. The van der Waals surface area contributed by atoms with Crippen molar-refractivity contribution in [3.8, 4) is 5.75 Å². The first-order valence-corrected chi connectivity index (χ1v) is 11.7. The van der Waals surface area contributed by atoms with Crippen LogP contribution in [0.15, 0.2) is 42.5 Å². The zero-order valence-electron chi connectivity index (χ0n) is 18.5. The largest absolute Gasteiger partial charge is 0.490 e. The van der Waals surface area contributed by atoms with Crippen LogP contribution in [0.25, 0.3) is 0 Å². The van der Waals surface area contributed by atoms with E-state index in [0.29, 0.717) is 27.9 Å². The molecule has 0 saturated carbocycles. The monoisotopic (exact) mass is 493 g/mol. The first-order chi connectivity index (χ1) is 15.8. The molecule has 1 heterocycles. The number of ether oxygens (including phenoxy) is 1. The Morgan fingerprint density at radius 1 is 1.09 bits per heavy atom. The molecule has 0 aromatic heterocycles. The molecule has 33 heavy (non-hydrogen) atoms. The highest BCUT2D eigenvalue weighted by molar-refractivity contribution is 6.42. The second-order valence-corrected chi connectivity index (χ2v) is 9.01. The average Bonchev–Trinajstić information content (AvgIpc) is 2.80. The van der Waals surface area contributed by atoms with Crippen LogP contribution in [0, 0.1) is 6.92 Å². The van der Waals surface area contributed by atoms with E-state index in [4.69, 9.17) is 27.9 Å². The summed E-state index contributed by atoms with van der Waals surface area (Å²) in [6, 6.07) is 12.3. The van der Waals surface area contributed by atoms with Crippen LogP contribution in [-0.4, -0.2) is 66.8 Å². The Hall–Kier alpha value is -2.32. The van der Waals surface area contributed by atoms with Crippen LogP contribution in [0.4, 0.5) is 0 Å². The Bertz CT molecular complexity index is 947. The van der Waals surface area contributed by atoms with Gasteiger partial charge in [-0.25, -0.2) is 0 Å². The molecule has 2 amide bonds. The smallest absolute Gasteiger partial charge is 0.251 e. The molecule has 3 rings (SSSR count). The number of aliphatic hydroxyl groups is 1. The predicted molar refractivity (Wildman–Crippen MR) is 129 cm³/mol. The van der Waals surface area contributed by atoms with Gasteiger partial charge >= 0.3 is 0 Å². The quantitative estimate of drug-likeness (QED) is 0.499. The van der Waals surface area contributed by atoms with Crippen LogP contribution >= 0.6 is 23.2 Å². The van der Waals surface area contributed by atoms with Crippen LogP contribution in [0.3, 0.4) is 0 Å². The van der Waals surface area contributed by atoms with E-state index in [1.165, 1.54) is 0 Å². The highest BCUT2D eigenvalue weighted by Gasteiger charge is 2.22. The molecule has 1 fully saturated rings. The molecule has 2 aromatic rings. The summed E-state index contributed by atoms with van der Waals surface area (Å²) in [5, 5.41) is 16.5. The molecule has 3 N–H and O–H groups in total.